The van der Waals surface area contributed by atoms with Crippen LogP contribution in [0.4, 0.5) is 11.8 Å². The maximum absolute atomic E-state index is 12.2. The molecule has 6 nitrogen and oxygen atoms in total. The molecule has 1 aromatic rings. The largest absolute Gasteiger partial charge is 0.369 e. The monoisotopic (exact) mass is 445 g/mol. The van der Waals surface area contributed by atoms with E-state index in [0.29, 0.717) is 18.3 Å². The van der Waals surface area contributed by atoms with Crippen LogP contribution in [0.2, 0.25) is 0 Å². The lowest BCUT2D eigenvalue weighted by molar-refractivity contribution is -0.136. The highest BCUT2D eigenvalue weighted by Crippen LogP contribution is 2.28. The van der Waals surface area contributed by atoms with Gasteiger partial charge in [0.15, 0.2) is 0 Å². The number of rotatable bonds is 11. The van der Waals surface area contributed by atoms with Gasteiger partial charge in [-0.15, -0.1) is 0 Å². The zero-order valence-corrected chi connectivity index (χ0v) is 17.9. The Balaban J connectivity index is 1.87. The molecular formula is C21H28BrN5O. The number of amides is 1. The second-order valence-corrected chi connectivity index (χ2v) is 7.49. The maximum Gasteiger partial charge on any atom is 0.229 e. The summed E-state index contributed by atoms with van der Waals surface area (Å²) in [6.45, 7) is 8.82. The highest BCUT2D eigenvalue weighted by Gasteiger charge is 2.27. The van der Waals surface area contributed by atoms with Gasteiger partial charge in [0, 0.05) is 37.9 Å². The predicted octanol–water partition coefficient (Wildman–Crippen LogP) is 4.52. The quantitative estimate of drug-likeness (QED) is 0.386. The van der Waals surface area contributed by atoms with Crippen LogP contribution in [0.1, 0.15) is 25.7 Å². The standard InChI is InChI=1S/C21H28BrN5O/c1-4-6-12-17(9-5-2)25-21-24-15-18(22)19(26-21)23-13-8-14-27(3)20(28)16-10-7-11-16/h4-6,9,12,15-16H,1-2,7-8,10-11,13-14H2,3H3,(H2,23,24,25,26)/b12-6-,17-9+. The number of anilines is 2. The molecule has 1 saturated carbocycles. The second-order valence-electron chi connectivity index (χ2n) is 6.64. The molecule has 28 heavy (non-hydrogen) atoms. The zero-order valence-electron chi connectivity index (χ0n) is 16.3. The van der Waals surface area contributed by atoms with Gasteiger partial charge in [0.25, 0.3) is 0 Å². The number of hydrogen-bond acceptors (Lipinski definition) is 5. The van der Waals surface area contributed by atoms with Gasteiger partial charge in [0.2, 0.25) is 11.9 Å². The molecule has 1 aliphatic carbocycles. The Kier molecular flexibility index (Phi) is 8.94. The highest BCUT2D eigenvalue weighted by atomic mass is 79.9. The first-order chi connectivity index (χ1) is 13.5. The van der Waals surface area contributed by atoms with Crippen LogP contribution in [0.15, 0.2) is 59.9 Å². The van der Waals surface area contributed by atoms with E-state index >= 15 is 0 Å². The van der Waals surface area contributed by atoms with Gasteiger partial charge in [-0.2, -0.15) is 4.98 Å². The zero-order chi connectivity index (χ0) is 20.4. The van der Waals surface area contributed by atoms with E-state index in [1.54, 1.807) is 18.3 Å². The van der Waals surface area contributed by atoms with Crippen molar-refractivity contribution in [1.29, 1.82) is 0 Å². The van der Waals surface area contributed by atoms with Crippen LogP contribution in [0.25, 0.3) is 0 Å². The molecule has 1 fully saturated rings. The Morgan fingerprint density at radius 1 is 1.39 bits per heavy atom. The van der Waals surface area contributed by atoms with Crippen molar-refractivity contribution in [3.63, 3.8) is 0 Å². The smallest absolute Gasteiger partial charge is 0.229 e. The fourth-order valence-electron chi connectivity index (χ4n) is 2.72. The van der Waals surface area contributed by atoms with Crippen LogP contribution in [0.5, 0.6) is 0 Å². The molecule has 0 aromatic carbocycles. The number of hydrogen-bond donors (Lipinski definition) is 2. The third kappa shape index (κ3) is 6.64. The van der Waals surface area contributed by atoms with Crippen LogP contribution >= 0.6 is 15.9 Å². The van der Waals surface area contributed by atoms with Gasteiger partial charge in [0.1, 0.15) is 5.82 Å². The molecule has 150 valence electrons. The SMILES string of the molecule is C=C/C=C\C(=C/C=C)Nc1ncc(Br)c(NCCCN(C)C(=O)C2CCC2)n1. The topological polar surface area (TPSA) is 70.2 Å². The highest BCUT2D eigenvalue weighted by molar-refractivity contribution is 9.10. The molecule has 1 aliphatic rings. The molecule has 7 heteroatoms. The lowest BCUT2D eigenvalue weighted by atomic mass is 9.84. The molecule has 0 bridgehead atoms. The number of carbonyl (C=O) groups excluding carboxylic acids is 1. The predicted molar refractivity (Wildman–Crippen MR) is 119 cm³/mol. The van der Waals surface area contributed by atoms with Crippen molar-refractivity contribution in [2.75, 3.05) is 30.8 Å². The maximum atomic E-state index is 12.2. The molecule has 0 aliphatic heterocycles. The van der Waals surface area contributed by atoms with Gasteiger partial charge in [-0.3, -0.25) is 4.79 Å². The van der Waals surface area contributed by atoms with E-state index in [1.165, 1.54) is 6.42 Å². The number of halogens is 1. The molecule has 0 saturated heterocycles. The Bertz CT molecular complexity index is 755. The first kappa shape index (κ1) is 21.9. The summed E-state index contributed by atoms with van der Waals surface area (Å²) >= 11 is 3.47. The summed E-state index contributed by atoms with van der Waals surface area (Å²) in [7, 11) is 1.88. The van der Waals surface area contributed by atoms with Gasteiger partial charge in [0.05, 0.1) is 4.47 Å². The minimum atomic E-state index is 0.246. The second kappa shape index (κ2) is 11.4. The Morgan fingerprint density at radius 2 is 2.18 bits per heavy atom. The van der Waals surface area contributed by atoms with Gasteiger partial charge >= 0.3 is 0 Å². The summed E-state index contributed by atoms with van der Waals surface area (Å²) in [4.78, 5) is 22.8. The first-order valence-electron chi connectivity index (χ1n) is 9.45. The van der Waals surface area contributed by atoms with Crippen molar-refractivity contribution in [1.82, 2.24) is 14.9 Å². The number of allylic oxidation sites excluding steroid dienone is 5. The van der Waals surface area contributed by atoms with E-state index in [1.807, 2.05) is 30.2 Å². The lowest BCUT2D eigenvalue weighted by Crippen LogP contribution is -2.37. The van der Waals surface area contributed by atoms with E-state index in [0.717, 1.165) is 36.0 Å². The molecule has 1 aromatic heterocycles. The van der Waals surface area contributed by atoms with Gasteiger partial charge in [-0.1, -0.05) is 37.8 Å². The van der Waals surface area contributed by atoms with E-state index in [-0.39, 0.29) is 11.8 Å². The normalized spacial score (nSPS) is 14.4. The van der Waals surface area contributed by atoms with Crippen molar-refractivity contribution in [3.05, 3.63) is 59.9 Å². The molecular weight excluding hydrogens is 418 g/mol. The average molecular weight is 446 g/mol. The van der Waals surface area contributed by atoms with Crippen molar-refractivity contribution in [3.8, 4) is 0 Å². The number of nitrogens with zero attached hydrogens (tertiary/aromatic N) is 3. The lowest BCUT2D eigenvalue weighted by Gasteiger charge is -2.29. The van der Waals surface area contributed by atoms with Gasteiger partial charge in [-0.25, -0.2) is 4.98 Å². The summed E-state index contributed by atoms with van der Waals surface area (Å²) in [5.74, 6) is 1.70. The molecule has 0 spiro atoms. The molecule has 0 atom stereocenters. The summed E-state index contributed by atoms with van der Waals surface area (Å²) < 4.78 is 0.785. The minimum Gasteiger partial charge on any atom is -0.369 e. The Hall–Kier alpha value is -2.41. The molecule has 0 unspecified atom stereocenters. The van der Waals surface area contributed by atoms with Crippen molar-refractivity contribution >= 4 is 33.6 Å². The van der Waals surface area contributed by atoms with E-state index in [4.69, 9.17) is 0 Å². The molecule has 2 rings (SSSR count). The molecule has 1 heterocycles. The van der Waals surface area contributed by atoms with Crippen molar-refractivity contribution in [2.24, 2.45) is 5.92 Å². The third-order valence-electron chi connectivity index (χ3n) is 4.50. The Morgan fingerprint density at radius 3 is 2.82 bits per heavy atom. The number of aromatic nitrogens is 2. The molecule has 2 N–H and O–H groups in total. The number of nitrogens with one attached hydrogen (secondary N) is 2. The average Bonchev–Trinajstić information content (AvgIpc) is 2.64. The van der Waals surface area contributed by atoms with E-state index < -0.39 is 0 Å². The van der Waals surface area contributed by atoms with Crippen LogP contribution in [-0.4, -0.2) is 40.9 Å². The fourth-order valence-corrected chi connectivity index (χ4v) is 3.05. The first-order valence-corrected chi connectivity index (χ1v) is 10.2. The van der Waals surface area contributed by atoms with Crippen LogP contribution in [0.3, 0.4) is 0 Å². The minimum absolute atomic E-state index is 0.246. The van der Waals surface area contributed by atoms with Gasteiger partial charge < -0.3 is 15.5 Å². The Labute approximate surface area is 175 Å². The van der Waals surface area contributed by atoms with E-state index in [2.05, 4.69) is 49.7 Å². The van der Waals surface area contributed by atoms with Crippen LogP contribution in [-0.2, 0) is 4.79 Å². The van der Waals surface area contributed by atoms with Crippen LogP contribution in [0, 0.1) is 5.92 Å². The van der Waals surface area contributed by atoms with E-state index in [9.17, 15) is 4.79 Å². The molecule has 0 radical (unpaired) electrons. The van der Waals surface area contributed by atoms with Crippen molar-refractivity contribution in [2.45, 2.75) is 25.7 Å². The third-order valence-corrected chi connectivity index (χ3v) is 5.08. The van der Waals surface area contributed by atoms with Gasteiger partial charge in [-0.05, 0) is 47.3 Å². The summed E-state index contributed by atoms with van der Waals surface area (Å²) in [5, 5.41) is 6.45. The fraction of sp³-hybridized carbons (Fsp3) is 0.381. The van der Waals surface area contributed by atoms with Crippen molar-refractivity contribution < 1.29 is 4.79 Å². The summed E-state index contributed by atoms with van der Waals surface area (Å²) in [5.41, 5.74) is 0.805. The summed E-state index contributed by atoms with van der Waals surface area (Å²) in [6.07, 6.45) is 14.7. The summed E-state index contributed by atoms with van der Waals surface area (Å²) in [6, 6.07) is 0. The number of carbonyl (C=O) groups is 1. The van der Waals surface area contributed by atoms with Crippen LogP contribution < -0.4 is 10.6 Å². The molecule has 1 amide bonds.